The predicted octanol–water partition coefficient (Wildman–Crippen LogP) is 1.03. The van der Waals surface area contributed by atoms with Crippen molar-refractivity contribution in [2.45, 2.75) is 38.1 Å². The molecule has 1 amide bonds. The van der Waals surface area contributed by atoms with Gasteiger partial charge in [-0.05, 0) is 25.7 Å². The maximum absolute atomic E-state index is 11.8. The fourth-order valence-corrected chi connectivity index (χ4v) is 2.89. The molecule has 0 radical (unpaired) electrons. The van der Waals surface area contributed by atoms with Gasteiger partial charge in [0, 0.05) is 11.4 Å². The predicted molar refractivity (Wildman–Crippen MR) is 71.8 cm³/mol. The van der Waals surface area contributed by atoms with Crippen molar-refractivity contribution in [3.8, 4) is 0 Å². The van der Waals surface area contributed by atoms with Crippen LogP contribution in [-0.4, -0.2) is 28.0 Å². The van der Waals surface area contributed by atoms with Crippen LogP contribution in [0.25, 0.3) is 0 Å². The third kappa shape index (κ3) is 3.92. The van der Waals surface area contributed by atoms with Gasteiger partial charge in [-0.15, -0.1) is 11.3 Å². The molecule has 19 heavy (non-hydrogen) atoms. The molecule has 1 saturated carbocycles. The van der Waals surface area contributed by atoms with Crippen LogP contribution in [0.5, 0.6) is 0 Å². The third-order valence-electron chi connectivity index (χ3n) is 3.35. The van der Waals surface area contributed by atoms with Gasteiger partial charge in [0.05, 0.1) is 18.0 Å². The van der Waals surface area contributed by atoms with Crippen LogP contribution < -0.4 is 11.1 Å². The van der Waals surface area contributed by atoms with Crippen molar-refractivity contribution in [3.63, 3.8) is 0 Å². The summed E-state index contributed by atoms with van der Waals surface area (Å²) in [5.41, 5.74) is 6.18. The Morgan fingerprint density at radius 2 is 2.11 bits per heavy atom. The van der Waals surface area contributed by atoms with E-state index in [1.807, 2.05) is 0 Å². The molecule has 1 aliphatic rings. The molecule has 2 rings (SSSR count). The number of anilines is 1. The summed E-state index contributed by atoms with van der Waals surface area (Å²) in [5.74, 6) is -1.07. The summed E-state index contributed by atoms with van der Waals surface area (Å²) in [7, 11) is 0. The van der Waals surface area contributed by atoms with Gasteiger partial charge in [0.2, 0.25) is 5.91 Å². The molecule has 6 nitrogen and oxygen atoms in total. The number of carboxylic acids is 1. The molecule has 1 aromatic heterocycles. The maximum Gasteiger partial charge on any atom is 0.306 e. The summed E-state index contributed by atoms with van der Waals surface area (Å²) < 4.78 is 0. The smallest absolute Gasteiger partial charge is 0.306 e. The number of hydrogen-bond acceptors (Lipinski definition) is 5. The van der Waals surface area contributed by atoms with E-state index in [9.17, 15) is 9.59 Å². The second kappa shape index (κ2) is 6.01. The van der Waals surface area contributed by atoms with Crippen molar-refractivity contribution in [3.05, 3.63) is 11.1 Å². The van der Waals surface area contributed by atoms with Crippen LogP contribution in [0.3, 0.4) is 0 Å². The van der Waals surface area contributed by atoms with Crippen LogP contribution in [0.15, 0.2) is 5.38 Å². The standard InChI is InChI=1S/C12H17N3O3S/c13-12-15-9(6-19-12)5-10(16)14-8-3-1-7(2-4-8)11(17)18/h6-8H,1-5H2,(H2,13,15)(H,14,16)(H,17,18). The lowest BCUT2D eigenvalue weighted by Gasteiger charge is -2.26. The molecule has 1 aliphatic carbocycles. The van der Waals surface area contributed by atoms with Crippen LogP contribution in [0.4, 0.5) is 5.13 Å². The number of nitrogen functional groups attached to an aromatic ring is 1. The molecule has 0 atom stereocenters. The number of hydrogen-bond donors (Lipinski definition) is 3. The fourth-order valence-electron chi connectivity index (χ4n) is 2.33. The van der Waals surface area contributed by atoms with E-state index < -0.39 is 5.97 Å². The molecule has 0 bridgehead atoms. The normalized spacial score (nSPS) is 22.9. The fraction of sp³-hybridized carbons (Fsp3) is 0.583. The van der Waals surface area contributed by atoms with Crippen LogP contribution in [0, 0.1) is 5.92 Å². The van der Waals surface area contributed by atoms with Crippen molar-refractivity contribution >= 4 is 28.3 Å². The van der Waals surface area contributed by atoms with E-state index in [0.717, 1.165) is 12.8 Å². The van der Waals surface area contributed by atoms with Gasteiger partial charge < -0.3 is 16.2 Å². The highest BCUT2D eigenvalue weighted by molar-refractivity contribution is 7.13. The minimum absolute atomic E-state index is 0.0796. The minimum atomic E-state index is -0.734. The van der Waals surface area contributed by atoms with Gasteiger partial charge in [0.15, 0.2) is 5.13 Å². The Balaban J connectivity index is 1.76. The Hall–Kier alpha value is -1.63. The number of carbonyl (C=O) groups is 2. The highest BCUT2D eigenvalue weighted by Gasteiger charge is 2.26. The number of rotatable bonds is 4. The highest BCUT2D eigenvalue weighted by atomic mass is 32.1. The molecule has 1 heterocycles. The van der Waals surface area contributed by atoms with Gasteiger partial charge in [-0.1, -0.05) is 0 Å². The molecule has 4 N–H and O–H groups in total. The second-order valence-electron chi connectivity index (χ2n) is 4.81. The molecule has 7 heteroatoms. The zero-order valence-electron chi connectivity index (χ0n) is 10.5. The first kappa shape index (κ1) is 13.8. The van der Waals surface area contributed by atoms with E-state index in [2.05, 4.69) is 10.3 Å². The van der Waals surface area contributed by atoms with Gasteiger partial charge in [-0.25, -0.2) is 4.98 Å². The van der Waals surface area contributed by atoms with Gasteiger partial charge in [-0.2, -0.15) is 0 Å². The number of thiazole rings is 1. The molecule has 0 aromatic carbocycles. The average molecular weight is 283 g/mol. The quantitative estimate of drug-likeness (QED) is 0.765. The third-order valence-corrected chi connectivity index (χ3v) is 4.08. The first-order valence-electron chi connectivity index (χ1n) is 6.26. The van der Waals surface area contributed by atoms with Crippen molar-refractivity contribution < 1.29 is 14.7 Å². The first-order valence-corrected chi connectivity index (χ1v) is 7.14. The number of nitrogens with one attached hydrogen (secondary N) is 1. The van der Waals surface area contributed by atoms with Gasteiger partial charge in [-0.3, -0.25) is 9.59 Å². The van der Waals surface area contributed by atoms with E-state index in [0.29, 0.717) is 23.7 Å². The Kier molecular flexibility index (Phi) is 4.36. The topological polar surface area (TPSA) is 105 Å². The summed E-state index contributed by atoms with van der Waals surface area (Å²) in [6, 6.07) is 0.0825. The van der Waals surface area contributed by atoms with Crippen molar-refractivity contribution in [2.24, 2.45) is 5.92 Å². The molecule has 104 valence electrons. The Morgan fingerprint density at radius 3 is 2.63 bits per heavy atom. The zero-order valence-corrected chi connectivity index (χ0v) is 11.3. The Bertz CT molecular complexity index is 467. The molecule has 1 fully saturated rings. The summed E-state index contributed by atoms with van der Waals surface area (Å²) in [5, 5.41) is 14.1. The lowest BCUT2D eigenvalue weighted by Crippen LogP contribution is -2.39. The van der Waals surface area contributed by atoms with E-state index in [1.165, 1.54) is 11.3 Å². The van der Waals surface area contributed by atoms with Crippen LogP contribution >= 0.6 is 11.3 Å². The van der Waals surface area contributed by atoms with Crippen molar-refractivity contribution in [1.82, 2.24) is 10.3 Å². The van der Waals surface area contributed by atoms with E-state index in [-0.39, 0.29) is 24.3 Å². The number of carbonyl (C=O) groups excluding carboxylic acids is 1. The van der Waals surface area contributed by atoms with Crippen molar-refractivity contribution in [2.75, 3.05) is 5.73 Å². The average Bonchev–Trinajstić information content (AvgIpc) is 2.75. The zero-order chi connectivity index (χ0) is 13.8. The van der Waals surface area contributed by atoms with Crippen LogP contribution in [0.1, 0.15) is 31.4 Å². The van der Waals surface area contributed by atoms with Crippen molar-refractivity contribution in [1.29, 1.82) is 0 Å². The number of nitrogens with two attached hydrogens (primary N) is 1. The monoisotopic (exact) mass is 283 g/mol. The van der Waals surface area contributed by atoms with Gasteiger partial charge >= 0.3 is 5.97 Å². The Labute approximate surface area is 115 Å². The van der Waals surface area contributed by atoms with Crippen LogP contribution in [0.2, 0.25) is 0 Å². The first-order chi connectivity index (χ1) is 9.04. The van der Waals surface area contributed by atoms with E-state index in [4.69, 9.17) is 10.8 Å². The molecule has 0 saturated heterocycles. The summed E-state index contributed by atoms with van der Waals surface area (Å²) >= 11 is 1.32. The summed E-state index contributed by atoms with van der Waals surface area (Å²) in [6.45, 7) is 0. The SMILES string of the molecule is Nc1nc(CC(=O)NC2CCC(C(=O)O)CC2)cs1. The number of aromatic nitrogens is 1. The number of nitrogens with zero attached hydrogens (tertiary/aromatic N) is 1. The van der Waals surface area contributed by atoms with E-state index >= 15 is 0 Å². The number of carboxylic acid groups (broad SMARTS) is 1. The molecular weight excluding hydrogens is 266 g/mol. The number of aliphatic carboxylic acids is 1. The summed E-state index contributed by atoms with van der Waals surface area (Å²) in [6.07, 6.45) is 2.93. The maximum atomic E-state index is 11.8. The number of amides is 1. The Morgan fingerprint density at radius 1 is 1.42 bits per heavy atom. The van der Waals surface area contributed by atoms with Gasteiger partial charge in [0.1, 0.15) is 0 Å². The van der Waals surface area contributed by atoms with Crippen LogP contribution in [-0.2, 0) is 16.0 Å². The molecule has 0 aliphatic heterocycles. The summed E-state index contributed by atoms with van der Waals surface area (Å²) in [4.78, 5) is 26.7. The lowest BCUT2D eigenvalue weighted by atomic mass is 9.86. The largest absolute Gasteiger partial charge is 0.481 e. The second-order valence-corrected chi connectivity index (χ2v) is 5.70. The highest BCUT2D eigenvalue weighted by Crippen LogP contribution is 2.24. The molecular formula is C12H17N3O3S. The van der Waals surface area contributed by atoms with E-state index in [1.54, 1.807) is 5.38 Å². The molecule has 1 aromatic rings. The minimum Gasteiger partial charge on any atom is -0.481 e. The molecule has 0 spiro atoms. The molecule has 0 unspecified atom stereocenters. The van der Waals surface area contributed by atoms with Gasteiger partial charge in [0.25, 0.3) is 0 Å². The lowest BCUT2D eigenvalue weighted by molar-refractivity contribution is -0.142.